The molecule has 0 atom stereocenters. The molecule has 72 valence electrons. The van der Waals surface area contributed by atoms with Crippen LogP contribution in [0.5, 0.6) is 0 Å². The van der Waals surface area contributed by atoms with Crippen LogP contribution in [-0.4, -0.2) is 0 Å². The van der Waals surface area contributed by atoms with Gasteiger partial charge in [-0.2, -0.15) is 0 Å². The SMILES string of the molecule is Ic1ccc(CSc2cccs2)cc1. The summed E-state index contributed by atoms with van der Waals surface area (Å²) in [7, 11) is 0. The monoisotopic (exact) mass is 332 g/mol. The minimum absolute atomic E-state index is 1.07. The van der Waals surface area contributed by atoms with E-state index in [9.17, 15) is 0 Å². The van der Waals surface area contributed by atoms with Gasteiger partial charge in [-0.15, -0.1) is 23.1 Å². The average Bonchev–Trinajstić information content (AvgIpc) is 2.70. The molecule has 0 aliphatic heterocycles. The van der Waals surface area contributed by atoms with E-state index in [2.05, 4.69) is 64.4 Å². The number of benzene rings is 1. The van der Waals surface area contributed by atoms with Crippen molar-refractivity contribution in [2.75, 3.05) is 0 Å². The Morgan fingerprint density at radius 2 is 1.93 bits per heavy atom. The number of rotatable bonds is 3. The quantitative estimate of drug-likeness (QED) is 0.583. The highest BCUT2D eigenvalue weighted by molar-refractivity contribution is 14.1. The van der Waals surface area contributed by atoms with Crippen LogP contribution in [0.4, 0.5) is 0 Å². The van der Waals surface area contributed by atoms with E-state index < -0.39 is 0 Å². The zero-order chi connectivity index (χ0) is 9.80. The Hall–Kier alpha value is -0.000000000000000111. The van der Waals surface area contributed by atoms with Crippen LogP contribution in [0, 0.1) is 3.57 Å². The molecule has 0 nitrogen and oxygen atoms in total. The first-order valence-corrected chi connectivity index (χ1v) is 7.20. The van der Waals surface area contributed by atoms with Gasteiger partial charge in [0.15, 0.2) is 0 Å². The van der Waals surface area contributed by atoms with Crippen LogP contribution >= 0.6 is 45.7 Å². The lowest BCUT2D eigenvalue weighted by Gasteiger charge is -1.99. The summed E-state index contributed by atoms with van der Waals surface area (Å²) in [5.41, 5.74) is 1.39. The summed E-state index contributed by atoms with van der Waals surface area (Å²) in [5, 5.41) is 2.12. The molecule has 0 aliphatic carbocycles. The fraction of sp³-hybridized carbons (Fsp3) is 0.0909. The highest BCUT2D eigenvalue weighted by atomic mass is 127. The summed E-state index contributed by atoms with van der Waals surface area (Å²) in [5.74, 6) is 1.07. The molecule has 0 amide bonds. The molecular weight excluding hydrogens is 323 g/mol. The van der Waals surface area contributed by atoms with Crippen LogP contribution < -0.4 is 0 Å². The highest BCUT2D eigenvalue weighted by Crippen LogP contribution is 2.26. The third kappa shape index (κ3) is 3.00. The number of thioether (sulfide) groups is 1. The third-order valence-electron chi connectivity index (χ3n) is 1.79. The molecule has 14 heavy (non-hydrogen) atoms. The van der Waals surface area contributed by atoms with E-state index in [0.717, 1.165) is 5.75 Å². The smallest absolute Gasteiger partial charge is 0.0601 e. The Morgan fingerprint density at radius 1 is 1.14 bits per heavy atom. The topological polar surface area (TPSA) is 0 Å². The predicted molar refractivity (Wildman–Crippen MR) is 73.0 cm³/mol. The van der Waals surface area contributed by atoms with Gasteiger partial charge in [-0.25, -0.2) is 0 Å². The minimum Gasteiger partial charge on any atom is -0.137 e. The first-order chi connectivity index (χ1) is 6.84. The number of thiophene rings is 1. The van der Waals surface area contributed by atoms with Crippen LogP contribution in [0.2, 0.25) is 0 Å². The van der Waals surface area contributed by atoms with Gasteiger partial charge in [0.2, 0.25) is 0 Å². The second-order valence-electron chi connectivity index (χ2n) is 2.85. The van der Waals surface area contributed by atoms with Crippen molar-refractivity contribution in [3.05, 3.63) is 50.9 Å². The van der Waals surface area contributed by atoms with Crippen molar-refractivity contribution in [3.8, 4) is 0 Å². The highest BCUT2D eigenvalue weighted by Gasteiger charge is 1.96. The molecule has 1 aromatic heterocycles. The summed E-state index contributed by atoms with van der Waals surface area (Å²) < 4.78 is 2.69. The molecule has 1 heterocycles. The molecule has 0 N–H and O–H groups in total. The average molecular weight is 332 g/mol. The zero-order valence-corrected chi connectivity index (χ0v) is 11.2. The molecule has 0 bridgehead atoms. The minimum atomic E-state index is 1.07. The Labute approximate surface area is 106 Å². The van der Waals surface area contributed by atoms with Gasteiger partial charge in [0.05, 0.1) is 4.21 Å². The van der Waals surface area contributed by atoms with E-state index in [-0.39, 0.29) is 0 Å². The van der Waals surface area contributed by atoms with Crippen molar-refractivity contribution in [2.24, 2.45) is 0 Å². The van der Waals surface area contributed by atoms with Gasteiger partial charge in [-0.3, -0.25) is 0 Å². The van der Waals surface area contributed by atoms with E-state index >= 15 is 0 Å². The van der Waals surface area contributed by atoms with E-state index in [0.29, 0.717) is 0 Å². The van der Waals surface area contributed by atoms with E-state index in [1.54, 1.807) is 11.3 Å². The maximum absolute atomic E-state index is 2.33. The molecule has 0 saturated heterocycles. The molecule has 1 aromatic carbocycles. The van der Waals surface area contributed by atoms with E-state index in [4.69, 9.17) is 0 Å². The molecule has 0 aliphatic rings. The summed E-state index contributed by atoms with van der Waals surface area (Å²) in [6.07, 6.45) is 0. The van der Waals surface area contributed by atoms with Crippen molar-refractivity contribution in [3.63, 3.8) is 0 Å². The lowest BCUT2D eigenvalue weighted by Crippen LogP contribution is -1.79. The molecular formula is C11H9IS2. The summed E-state index contributed by atoms with van der Waals surface area (Å²) in [6.45, 7) is 0. The standard InChI is InChI=1S/C11H9IS2/c12-10-5-3-9(4-6-10)8-14-11-2-1-7-13-11/h1-7H,8H2. The molecule has 3 heteroatoms. The lowest BCUT2D eigenvalue weighted by atomic mass is 10.2. The van der Waals surface area contributed by atoms with Crippen LogP contribution in [0.1, 0.15) is 5.56 Å². The zero-order valence-electron chi connectivity index (χ0n) is 7.44. The van der Waals surface area contributed by atoms with E-state index in [1.807, 2.05) is 11.8 Å². The second kappa shape index (κ2) is 5.19. The van der Waals surface area contributed by atoms with Crippen molar-refractivity contribution >= 4 is 45.7 Å². The maximum Gasteiger partial charge on any atom is 0.0601 e. The second-order valence-corrected chi connectivity index (χ2v) is 6.32. The molecule has 0 radical (unpaired) electrons. The largest absolute Gasteiger partial charge is 0.137 e. The Kier molecular flexibility index (Phi) is 3.89. The van der Waals surface area contributed by atoms with Gasteiger partial charge >= 0.3 is 0 Å². The van der Waals surface area contributed by atoms with Crippen LogP contribution in [0.25, 0.3) is 0 Å². The molecule has 0 fully saturated rings. The van der Waals surface area contributed by atoms with Gasteiger partial charge in [0, 0.05) is 9.32 Å². The fourth-order valence-electron chi connectivity index (χ4n) is 1.08. The van der Waals surface area contributed by atoms with Crippen LogP contribution in [-0.2, 0) is 5.75 Å². The third-order valence-corrected chi connectivity index (χ3v) is 4.71. The van der Waals surface area contributed by atoms with Crippen molar-refractivity contribution in [1.29, 1.82) is 0 Å². The van der Waals surface area contributed by atoms with Crippen LogP contribution in [0.15, 0.2) is 46.0 Å². The van der Waals surface area contributed by atoms with Crippen molar-refractivity contribution < 1.29 is 0 Å². The normalized spacial score (nSPS) is 10.4. The van der Waals surface area contributed by atoms with Crippen molar-refractivity contribution in [1.82, 2.24) is 0 Å². The first kappa shape index (κ1) is 10.5. The van der Waals surface area contributed by atoms with Gasteiger partial charge in [-0.1, -0.05) is 18.2 Å². The number of halogens is 1. The summed E-state index contributed by atoms with van der Waals surface area (Å²) >= 11 is 6.04. The number of hydrogen-bond acceptors (Lipinski definition) is 2. The van der Waals surface area contributed by atoms with Gasteiger partial charge in [-0.05, 0) is 51.7 Å². The van der Waals surface area contributed by atoms with Gasteiger partial charge in [0.25, 0.3) is 0 Å². The molecule has 2 rings (SSSR count). The van der Waals surface area contributed by atoms with E-state index in [1.165, 1.54) is 13.3 Å². The van der Waals surface area contributed by atoms with Crippen molar-refractivity contribution in [2.45, 2.75) is 9.96 Å². The Balaban J connectivity index is 1.95. The predicted octanol–water partition coefficient (Wildman–Crippen LogP) is 4.65. The summed E-state index contributed by atoms with van der Waals surface area (Å²) in [4.78, 5) is 0. The Morgan fingerprint density at radius 3 is 2.57 bits per heavy atom. The summed E-state index contributed by atoms with van der Waals surface area (Å²) in [6, 6.07) is 13.0. The Bertz CT molecular complexity index is 378. The lowest BCUT2D eigenvalue weighted by molar-refractivity contribution is 1.40. The van der Waals surface area contributed by atoms with Gasteiger partial charge in [0.1, 0.15) is 0 Å². The number of hydrogen-bond donors (Lipinski definition) is 0. The molecule has 2 aromatic rings. The maximum atomic E-state index is 2.33. The first-order valence-electron chi connectivity index (χ1n) is 4.25. The van der Waals surface area contributed by atoms with Gasteiger partial charge < -0.3 is 0 Å². The molecule has 0 saturated carbocycles. The fourth-order valence-corrected chi connectivity index (χ4v) is 3.18. The molecule has 0 unspecified atom stereocenters. The van der Waals surface area contributed by atoms with Crippen LogP contribution in [0.3, 0.4) is 0 Å². The molecule has 0 spiro atoms.